The van der Waals surface area contributed by atoms with Gasteiger partial charge in [-0.3, -0.25) is 4.79 Å². The molecule has 1 aromatic carbocycles. The predicted molar refractivity (Wildman–Crippen MR) is 69.5 cm³/mol. The van der Waals surface area contributed by atoms with Crippen molar-refractivity contribution in [3.05, 3.63) is 28.2 Å². The van der Waals surface area contributed by atoms with E-state index in [4.69, 9.17) is 5.73 Å². The van der Waals surface area contributed by atoms with Gasteiger partial charge in [-0.2, -0.15) is 0 Å². The quantitative estimate of drug-likeness (QED) is 0.738. The van der Waals surface area contributed by atoms with Gasteiger partial charge in [0.15, 0.2) is 0 Å². The third-order valence-corrected chi connectivity index (χ3v) is 2.74. The monoisotopic (exact) mass is 302 g/mol. The van der Waals surface area contributed by atoms with Crippen LogP contribution in [0.15, 0.2) is 22.7 Å². The van der Waals surface area contributed by atoms with Gasteiger partial charge in [-0.15, -0.1) is 0 Å². The second-order valence-corrected chi connectivity index (χ2v) is 4.52. The molecule has 1 amide bonds. The molecule has 0 heterocycles. The Bertz CT molecular complexity index is 423. The van der Waals surface area contributed by atoms with E-state index >= 15 is 0 Å². The first kappa shape index (κ1) is 12.9. The molecule has 0 saturated heterocycles. The van der Waals surface area contributed by atoms with Crippen molar-refractivity contribution in [2.75, 3.05) is 6.54 Å². The number of rotatable bonds is 4. The maximum absolute atomic E-state index is 11.6. The van der Waals surface area contributed by atoms with E-state index in [0.29, 0.717) is 28.0 Å². The molecule has 16 heavy (non-hydrogen) atoms. The molecule has 86 valence electrons. The number of thiocarbonyl (C=S) groups is 1. The summed E-state index contributed by atoms with van der Waals surface area (Å²) in [6.07, 6.45) is 0.462. The van der Waals surface area contributed by atoms with Crippen LogP contribution in [0.3, 0.4) is 0 Å². The molecular formula is C10H11BrN2O2S. The van der Waals surface area contributed by atoms with E-state index in [2.05, 4.69) is 33.5 Å². The van der Waals surface area contributed by atoms with Crippen LogP contribution in [0.1, 0.15) is 16.8 Å². The molecule has 0 radical (unpaired) electrons. The molecule has 1 aromatic rings. The minimum absolute atomic E-state index is 0.0296. The number of nitrogens with one attached hydrogen (secondary N) is 1. The Kier molecular flexibility index (Phi) is 4.70. The fourth-order valence-corrected chi connectivity index (χ4v) is 1.40. The zero-order valence-electron chi connectivity index (χ0n) is 8.37. The number of benzene rings is 1. The van der Waals surface area contributed by atoms with Crippen molar-refractivity contribution in [3.8, 4) is 5.75 Å². The lowest BCUT2D eigenvalue weighted by molar-refractivity contribution is 0.0954. The Morgan fingerprint density at radius 2 is 2.25 bits per heavy atom. The number of nitrogens with two attached hydrogens (primary N) is 1. The van der Waals surface area contributed by atoms with Gasteiger partial charge in [0.25, 0.3) is 5.91 Å². The predicted octanol–water partition coefficient (Wildman–Crippen LogP) is 1.56. The van der Waals surface area contributed by atoms with Crippen LogP contribution in [-0.2, 0) is 0 Å². The Balaban J connectivity index is 2.59. The van der Waals surface area contributed by atoms with Gasteiger partial charge in [0.2, 0.25) is 0 Å². The second kappa shape index (κ2) is 5.81. The van der Waals surface area contributed by atoms with Crippen molar-refractivity contribution in [2.24, 2.45) is 5.73 Å². The minimum Gasteiger partial charge on any atom is -0.507 e. The number of amides is 1. The zero-order valence-corrected chi connectivity index (χ0v) is 10.8. The van der Waals surface area contributed by atoms with E-state index in [9.17, 15) is 9.90 Å². The fourth-order valence-electron chi connectivity index (χ4n) is 1.06. The van der Waals surface area contributed by atoms with Crippen LogP contribution in [0.4, 0.5) is 0 Å². The summed E-state index contributed by atoms with van der Waals surface area (Å²) in [5.41, 5.74) is 5.69. The summed E-state index contributed by atoms with van der Waals surface area (Å²) in [6.45, 7) is 0.394. The SMILES string of the molecule is NC(=S)CCNC(=O)c1ccc(Br)c(O)c1. The highest BCUT2D eigenvalue weighted by Crippen LogP contribution is 2.24. The number of halogens is 1. The zero-order chi connectivity index (χ0) is 12.1. The largest absolute Gasteiger partial charge is 0.507 e. The summed E-state index contributed by atoms with van der Waals surface area (Å²) in [6, 6.07) is 4.61. The van der Waals surface area contributed by atoms with Gasteiger partial charge in [0.1, 0.15) is 5.75 Å². The van der Waals surface area contributed by atoms with Gasteiger partial charge in [-0.25, -0.2) is 0 Å². The van der Waals surface area contributed by atoms with E-state index < -0.39 is 0 Å². The number of phenols is 1. The Hall–Kier alpha value is -1.14. The molecule has 0 aliphatic carbocycles. The summed E-state index contributed by atoms with van der Waals surface area (Å²) >= 11 is 7.82. The summed E-state index contributed by atoms with van der Waals surface area (Å²) in [4.78, 5) is 11.9. The molecule has 6 heteroatoms. The van der Waals surface area contributed by atoms with Gasteiger partial charge in [-0.1, -0.05) is 12.2 Å². The molecule has 0 unspecified atom stereocenters. The summed E-state index contributed by atoms with van der Waals surface area (Å²) in [7, 11) is 0. The fraction of sp³-hybridized carbons (Fsp3) is 0.200. The van der Waals surface area contributed by atoms with Crippen molar-refractivity contribution in [1.29, 1.82) is 0 Å². The first-order valence-corrected chi connectivity index (χ1v) is 5.76. The van der Waals surface area contributed by atoms with Gasteiger partial charge in [0.05, 0.1) is 9.46 Å². The van der Waals surface area contributed by atoms with Crippen LogP contribution >= 0.6 is 28.1 Å². The molecule has 0 spiro atoms. The number of carbonyl (C=O) groups is 1. The van der Waals surface area contributed by atoms with Crippen molar-refractivity contribution >= 4 is 39.0 Å². The van der Waals surface area contributed by atoms with Crippen LogP contribution in [0.25, 0.3) is 0 Å². The highest BCUT2D eigenvalue weighted by molar-refractivity contribution is 9.10. The molecule has 0 saturated carbocycles. The summed E-state index contributed by atoms with van der Waals surface area (Å²) in [5.74, 6) is -0.235. The van der Waals surface area contributed by atoms with Gasteiger partial charge >= 0.3 is 0 Å². The normalized spacial score (nSPS) is 9.81. The smallest absolute Gasteiger partial charge is 0.251 e. The van der Waals surface area contributed by atoms with Crippen molar-refractivity contribution in [1.82, 2.24) is 5.32 Å². The van der Waals surface area contributed by atoms with Crippen LogP contribution in [0.5, 0.6) is 5.75 Å². The molecule has 4 N–H and O–H groups in total. The van der Waals surface area contributed by atoms with Crippen LogP contribution in [0, 0.1) is 0 Å². The average molecular weight is 303 g/mol. The standard InChI is InChI=1S/C10H11BrN2O2S/c11-7-2-1-6(5-8(7)14)10(15)13-4-3-9(12)16/h1-2,5,14H,3-4H2,(H2,12,16)(H,13,15). The lowest BCUT2D eigenvalue weighted by atomic mass is 10.2. The molecule has 1 rings (SSSR count). The van der Waals surface area contributed by atoms with E-state index in [1.54, 1.807) is 12.1 Å². The van der Waals surface area contributed by atoms with Crippen molar-refractivity contribution in [3.63, 3.8) is 0 Å². The molecule has 0 bridgehead atoms. The van der Waals surface area contributed by atoms with Gasteiger partial charge in [-0.05, 0) is 34.1 Å². The van der Waals surface area contributed by atoms with Crippen molar-refractivity contribution < 1.29 is 9.90 Å². The van der Waals surface area contributed by atoms with E-state index in [1.807, 2.05) is 0 Å². The maximum atomic E-state index is 11.6. The average Bonchev–Trinajstić information content (AvgIpc) is 2.21. The molecule has 0 aliphatic rings. The molecule has 0 aliphatic heterocycles. The lowest BCUT2D eigenvalue weighted by Crippen LogP contribution is -2.27. The molecule has 0 fully saturated rings. The molecule has 4 nitrogen and oxygen atoms in total. The highest BCUT2D eigenvalue weighted by Gasteiger charge is 2.07. The van der Waals surface area contributed by atoms with Crippen LogP contribution in [0.2, 0.25) is 0 Å². The Morgan fingerprint density at radius 1 is 1.56 bits per heavy atom. The Morgan fingerprint density at radius 3 is 2.81 bits per heavy atom. The van der Waals surface area contributed by atoms with Crippen LogP contribution in [-0.4, -0.2) is 22.5 Å². The first-order valence-electron chi connectivity index (χ1n) is 4.55. The van der Waals surface area contributed by atoms with Crippen LogP contribution < -0.4 is 11.1 Å². The maximum Gasteiger partial charge on any atom is 0.251 e. The second-order valence-electron chi connectivity index (χ2n) is 3.14. The topological polar surface area (TPSA) is 75.3 Å². The van der Waals surface area contributed by atoms with E-state index in [-0.39, 0.29) is 11.7 Å². The Labute approximate surface area is 107 Å². The lowest BCUT2D eigenvalue weighted by Gasteiger charge is -2.05. The minimum atomic E-state index is -0.265. The number of hydrogen-bond acceptors (Lipinski definition) is 3. The summed E-state index contributed by atoms with van der Waals surface area (Å²) < 4.78 is 0.548. The van der Waals surface area contributed by atoms with Crippen molar-refractivity contribution in [2.45, 2.75) is 6.42 Å². The number of hydrogen-bond donors (Lipinski definition) is 3. The summed E-state index contributed by atoms with van der Waals surface area (Å²) in [5, 5.41) is 12.0. The molecule has 0 atom stereocenters. The molecular weight excluding hydrogens is 292 g/mol. The van der Waals surface area contributed by atoms with Gasteiger partial charge < -0.3 is 16.2 Å². The first-order chi connectivity index (χ1) is 7.50. The number of carbonyl (C=O) groups excluding carboxylic acids is 1. The van der Waals surface area contributed by atoms with E-state index in [0.717, 1.165) is 0 Å². The highest BCUT2D eigenvalue weighted by atomic mass is 79.9. The third-order valence-electron chi connectivity index (χ3n) is 1.87. The number of aromatic hydroxyl groups is 1. The molecule has 0 aromatic heterocycles. The van der Waals surface area contributed by atoms with Gasteiger partial charge in [0, 0.05) is 18.5 Å². The third kappa shape index (κ3) is 3.79. The number of phenolic OH excluding ortho intramolecular Hbond substituents is 1. The van der Waals surface area contributed by atoms with E-state index in [1.165, 1.54) is 6.07 Å².